The zero-order valence-corrected chi connectivity index (χ0v) is 7.82. The summed E-state index contributed by atoms with van der Waals surface area (Å²) in [4.78, 5) is 0. The highest BCUT2D eigenvalue weighted by atomic mass is 19.3. The maximum absolute atomic E-state index is 12.3. The van der Waals surface area contributed by atoms with E-state index in [-0.39, 0.29) is 6.42 Å². The highest BCUT2D eigenvalue weighted by molar-refractivity contribution is 4.63. The van der Waals surface area contributed by atoms with Crippen LogP contribution in [0.1, 0.15) is 40.5 Å². The van der Waals surface area contributed by atoms with E-state index in [4.69, 9.17) is 0 Å². The molecule has 0 saturated heterocycles. The molecule has 0 amide bonds. The summed E-state index contributed by atoms with van der Waals surface area (Å²) in [7, 11) is 0. The topological polar surface area (TPSA) is 0 Å². The van der Waals surface area contributed by atoms with Crippen molar-refractivity contribution in [3.05, 3.63) is 0 Å². The number of alkyl halides is 2. The summed E-state index contributed by atoms with van der Waals surface area (Å²) in [5, 5.41) is 0. The molecule has 0 N–H and O–H groups in total. The van der Waals surface area contributed by atoms with Crippen LogP contribution >= 0.6 is 0 Å². The van der Waals surface area contributed by atoms with Crippen LogP contribution < -0.4 is 0 Å². The van der Waals surface area contributed by atoms with E-state index < -0.39 is 5.92 Å². The maximum Gasteiger partial charge on any atom is 0.245 e. The lowest BCUT2D eigenvalue weighted by Crippen LogP contribution is -2.13. The molecular weight excluding hydrogens is 146 g/mol. The molecule has 0 bridgehead atoms. The van der Waals surface area contributed by atoms with Crippen molar-refractivity contribution < 1.29 is 8.78 Å². The molecule has 0 aromatic carbocycles. The van der Waals surface area contributed by atoms with Gasteiger partial charge in [-0.05, 0) is 25.2 Å². The van der Waals surface area contributed by atoms with Crippen molar-refractivity contribution >= 4 is 0 Å². The first-order valence-electron chi connectivity index (χ1n) is 4.21. The van der Waals surface area contributed by atoms with Crippen LogP contribution in [0.3, 0.4) is 0 Å². The molecule has 0 fully saturated rings. The van der Waals surface area contributed by atoms with Crippen molar-refractivity contribution in [3.63, 3.8) is 0 Å². The fourth-order valence-corrected chi connectivity index (χ4v) is 0.814. The van der Waals surface area contributed by atoms with Crippen molar-refractivity contribution in [2.45, 2.75) is 46.5 Å². The average Bonchev–Trinajstić information content (AvgIpc) is 1.80. The van der Waals surface area contributed by atoms with Gasteiger partial charge in [-0.2, -0.15) is 0 Å². The highest BCUT2D eigenvalue weighted by Gasteiger charge is 2.22. The van der Waals surface area contributed by atoms with E-state index in [1.54, 1.807) is 0 Å². The largest absolute Gasteiger partial charge is 0.245 e. The minimum atomic E-state index is -2.48. The number of hydrogen-bond donors (Lipinski definition) is 0. The van der Waals surface area contributed by atoms with Crippen LogP contribution in [0.2, 0.25) is 0 Å². The fourth-order valence-electron chi connectivity index (χ4n) is 0.814. The molecule has 0 aliphatic carbocycles. The predicted molar refractivity (Wildman–Crippen MR) is 43.9 cm³/mol. The van der Waals surface area contributed by atoms with Crippen molar-refractivity contribution in [2.75, 3.05) is 0 Å². The molecule has 0 unspecified atom stereocenters. The molecule has 68 valence electrons. The van der Waals surface area contributed by atoms with Gasteiger partial charge in [0.25, 0.3) is 0 Å². The lowest BCUT2D eigenvalue weighted by molar-refractivity contribution is 0.00561. The Balaban J connectivity index is 3.54. The van der Waals surface area contributed by atoms with Gasteiger partial charge in [0.1, 0.15) is 0 Å². The molecule has 0 spiro atoms. The monoisotopic (exact) mass is 164 g/mol. The number of rotatable bonds is 4. The first-order valence-corrected chi connectivity index (χ1v) is 4.21. The van der Waals surface area contributed by atoms with E-state index in [0.717, 1.165) is 6.92 Å². The van der Waals surface area contributed by atoms with E-state index in [0.29, 0.717) is 18.3 Å². The second-order valence-corrected chi connectivity index (χ2v) is 3.83. The lowest BCUT2D eigenvalue weighted by Gasteiger charge is -2.17. The third kappa shape index (κ3) is 6.27. The average molecular weight is 164 g/mol. The van der Waals surface area contributed by atoms with E-state index in [1.165, 1.54) is 0 Å². The van der Waals surface area contributed by atoms with Crippen LogP contribution in [0, 0.1) is 11.8 Å². The summed E-state index contributed by atoms with van der Waals surface area (Å²) in [6.45, 7) is 7.15. The van der Waals surface area contributed by atoms with Gasteiger partial charge >= 0.3 is 0 Å². The lowest BCUT2D eigenvalue weighted by atomic mass is 9.92. The fraction of sp³-hybridized carbons (Fsp3) is 1.00. The summed E-state index contributed by atoms with van der Waals surface area (Å²) in [5.74, 6) is -1.57. The first-order chi connectivity index (χ1) is 4.83. The zero-order valence-electron chi connectivity index (χ0n) is 7.82. The van der Waals surface area contributed by atoms with Gasteiger partial charge < -0.3 is 0 Å². The van der Waals surface area contributed by atoms with Gasteiger partial charge in [-0.25, -0.2) is 8.78 Å². The third-order valence-electron chi connectivity index (χ3n) is 2.18. The molecule has 0 radical (unpaired) electrons. The van der Waals surface area contributed by atoms with Gasteiger partial charge in [-0.1, -0.05) is 20.8 Å². The van der Waals surface area contributed by atoms with Crippen LogP contribution in [-0.4, -0.2) is 5.92 Å². The Morgan fingerprint density at radius 3 is 1.91 bits per heavy atom. The Kier molecular flexibility index (Phi) is 3.98. The molecule has 0 rings (SSSR count). The molecule has 1 atom stereocenters. The van der Waals surface area contributed by atoms with Crippen molar-refractivity contribution in [1.82, 2.24) is 0 Å². The third-order valence-corrected chi connectivity index (χ3v) is 2.18. The molecule has 0 aliphatic rings. The van der Waals surface area contributed by atoms with Gasteiger partial charge in [-0.3, -0.25) is 0 Å². The molecule has 0 heterocycles. The van der Waals surface area contributed by atoms with Crippen molar-refractivity contribution in [1.29, 1.82) is 0 Å². The van der Waals surface area contributed by atoms with Crippen LogP contribution in [0.4, 0.5) is 8.78 Å². The minimum absolute atomic E-state index is 0.0202. The quantitative estimate of drug-likeness (QED) is 0.594. The summed E-state index contributed by atoms with van der Waals surface area (Å²) < 4.78 is 24.7. The van der Waals surface area contributed by atoms with Crippen LogP contribution in [0.5, 0.6) is 0 Å². The van der Waals surface area contributed by atoms with Crippen molar-refractivity contribution in [2.24, 2.45) is 11.8 Å². The molecule has 11 heavy (non-hydrogen) atoms. The molecule has 0 aromatic heterocycles. The second-order valence-electron chi connectivity index (χ2n) is 3.83. The number of hydrogen-bond acceptors (Lipinski definition) is 0. The first kappa shape index (κ1) is 10.9. The molecule has 0 nitrogen and oxygen atoms in total. The Bertz CT molecular complexity index is 103. The summed E-state index contributed by atoms with van der Waals surface area (Å²) in [6.07, 6.45) is 0.646. The van der Waals surface area contributed by atoms with Gasteiger partial charge in [0, 0.05) is 6.42 Å². The predicted octanol–water partition coefficient (Wildman–Crippen LogP) is 3.71. The number of halogens is 2. The molecule has 0 aliphatic heterocycles. The van der Waals surface area contributed by atoms with Crippen molar-refractivity contribution in [3.8, 4) is 0 Å². The second kappa shape index (κ2) is 4.03. The van der Waals surface area contributed by atoms with Crippen LogP contribution in [0.15, 0.2) is 0 Å². The smallest absolute Gasteiger partial charge is 0.207 e. The standard InChI is InChI=1S/C9H18F2/c1-7(2)8(3)5-6-9(4,10)11/h7-8H,5-6H2,1-4H3/t8-/m1/s1. The van der Waals surface area contributed by atoms with Gasteiger partial charge in [-0.15, -0.1) is 0 Å². The maximum atomic E-state index is 12.3. The summed E-state index contributed by atoms with van der Waals surface area (Å²) >= 11 is 0. The van der Waals surface area contributed by atoms with Crippen LogP contribution in [-0.2, 0) is 0 Å². The normalized spacial score (nSPS) is 15.5. The van der Waals surface area contributed by atoms with E-state index >= 15 is 0 Å². The van der Waals surface area contributed by atoms with Gasteiger partial charge in [0.2, 0.25) is 5.92 Å². The Labute approximate surface area is 68.0 Å². The van der Waals surface area contributed by atoms with Gasteiger partial charge in [0.05, 0.1) is 0 Å². The van der Waals surface area contributed by atoms with Gasteiger partial charge in [0.15, 0.2) is 0 Å². The summed E-state index contributed by atoms with van der Waals surface area (Å²) in [5.41, 5.74) is 0. The zero-order chi connectivity index (χ0) is 9.07. The van der Waals surface area contributed by atoms with E-state index in [2.05, 4.69) is 13.8 Å². The minimum Gasteiger partial charge on any atom is -0.207 e. The summed E-state index contributed by atoms with van der Waals surface area (Å²) in [6, 6.07) is 0. The van der Waals surface area contributed by atoms with E-state index in [9.17, 15) is 8.78 Å². The van der Waals surface area contributed by atoms with Crippen LogP contribution in [0.25, 0.3) is 0 Å². The molecule has 2 heteroatoms. The highest BCUT2D eigenvalue weighted by Crippen LogP contribution is 2.24. The Hall–Kier alpha value is -0.140. The Morgan fingerprint density at radius 2 is 1.64 bits per heavy atom. The SMILES string of the molecule is CC(C)[C@H](C)CCC(C)(F)F. The van der Waals surface area contributed by atoms with E-state index in [1.807, 2.05) is 6.92 Å². The molecular formula is C9H18F2. The molecule has 0 aromatic rings. The Morgan fingerprint density at radius 1 is 1.18 bits per heavy atom. The molecule has 0 saturated carbocycles.